The van der Waals surface area contributed by atoms with Crippen LogP contribution in [0.3, 0.4) is 0 Å². The molecular formula is C11H22N2O3. The second-order valence-corrected chi connectivity index (χ2v) is 5.23. The summed E-state index contributed by atoms with van der Waals surface area (Å²) in [6, 6.07) is -0.0683. The van der Waals surface area contributed by atoms with E-state index in [4.69, 9.17) is 4.74 Å². The summed E-state index contributed by atoms with van der Waals surface area (Å²) in [5.41, 5.74) is -0.470. The van der Waals surface area contributed by atoms with Gasteiger partial charge in [0, 0.05) is 19.6 Å². The van der Waals surface area contributed by atoms with Crippen LogP contribution in [0.15, 0.2) is 0 Å². The van der Waals surface area contributed by atoms with Gasteiger partial charge in [-0.15, -0.1) is 0 Å². The number of rotatable bonds is 1. The number of amides is 1. The highest BCUT2D eigenvalue weighted by molar-refractivity contribution is 5.68. The summed E-state index contributed by atoms with van der Waals surface area (Å²) in [5, 5.41) is 12.6. The van der Waals surface area contributed by atoms with E-state index in [-0.39, 0.29) is 12.1 Å². The highest BCUT2D eigenvalue weighted by Gasteiger charge is 2.28. The zero-order valence-electron chi connectivity index (χ0n) is 10.5. The summed E-state index contributed by atoms with van der Waals surface area (Å²) < 4.78 is 5.28. The predicted octanol–water partition coefficient (Wildman–Crippen LogP) is 0.576. The molecule has 1 aliphatic rings. The van der Waals surface area contributed by atoms with Gasteiger partial charge in [0.1, 0.15) is 5.60 Å². The lowest BCUT2D eigenvalue weighted by Crippen LogP contribution is -2.57. The van der Waals surface area contributed by atoms with Gasteiger partial charge in [0.2, 0.25) is 0 Å². The number of carbonyl (C=O) groups excluding carboxylic acids is 1. The van der Waals surface area contributed by atoms with Crippen LogP contribution in [-0.4, -0.2) is 53.5 Å². The van der Waals surface area contributed by atoms with Gasteiger partial charge in [-0.2, -0.15) is 0 Å². The van der Waals surface area contributed by atoms with E-state index in [1.54, 1.807) is 11.8 Å². The van der Waals surface area contributed by atoms with Crippen molar-refractivity contribution >= 4 is 6.09 Å². The number of ether oxygens (including phenoxy) is 1. The Hall–Kier alpha value is -0.810. The first-order chi connectivity index (χ1) is 7.29. The number of hydrogen-bond acceptors (Lipinski definition) is 4. The van der Waals surface area contributed by atoms with Crippen molar-refractivity contribution in [3.05, 3.63) is 0 Å². The van der Waals surface area contributed by atoms with E-state index >= 15 is 0 Å². The Balaban J connectivity index is 2.50. The molecule has 1 rings (SSSR count). The second-order valence-electron chi connectivity index (χ2n) is 5.23. The van der Waals surface area contributed by atoms with Crippen molar-refractivity contribution < 1.29 is 14.6 Å². The lowest BCUT2D eigenvalue weighted by Gasteiger charge is -2.35. The molecule has 1 saturated heterocycles. The highest BCUT2D eigenvalue weighted by atomic mass is 16.6. The molecule has 16 heavy (non-hydrogen) atoms. The first kappa shape index (κ1) is 13.3. The van der Waals surface area contributed by atoms with Gasteiger partial charge >= 0.3 is 6.09 Å². The van der Waals surface area contributed by atoms with Crippen molar-refractivity contribution in [2.75, 3.05) is 19.6 Å². The fourth-order valence-corrected chi connectivity index (χ4v) is 1.59. The van der Waals surface area contributed by atoms with E-state index in [9.17, 15) is 9.90 Å². The summed E-state index contributed by atoms with van der Waals surface area (Å²) in [6.45, 7) is 9.06. The summed E-state index contributed by atoms with van der Waals surface area (Å²) in [6.07, 6.45) is -0.773. The monoisotopic (exact) mass is 230 g/mol. The molecule has 5 heteroatoms. The number of hydrogen-bond donors (Lipinski definition) is 2. The molecule has 0 saturated carbocycles. The molecule has 1 heterocycles. The Bertz CT molecular complexity index is 248. The van der Waals surface area contributed by atoms with Crippen molar-refractivity contribution in [3.63, 3.8) is 0 Å². The molecule has 0 bridgehead atoms. The lowest BCUT2D eigenvalue weighted by atomic mass is 10.1. The molecule has 1 amide bonds. The van der Waals surface area contributed by atoms with E-state index in [2.05, 4.69) is 5.32 Å². The number of aliphatic hydroxyl groups excluding tert-OH is 1. The van der Waals surface area contributed by atoms with Crippen molar-refractivity contribution in [2.24, 2.45) is 0 Å². The van der Waals surface area contributed by atoms with E-state index in [0.717, 1.165) is 0 Å². The van der Waals surface area contributed by atoms with Gasteiger partial charge in [0.05, 0.1) is 12.1 Å². The predicted molar refractivity (Wildman–Crippen MR) is 61.3 cm³/mol. The molecule has 2 N–H and O–H groups in total. The zero-order chi connectivity index (χ0) is 12.3. The number of aliphatic hydroxyl groups is 1. The molecule has 0 spiro atoms. The first-order valence-corrected chi connectivity index (χ1v) is 5.69. The summed E-state index contributed by atoms with van der Waals surface area (Å²) in [4.78, 5) is 13.4. The lowest BCUT2D eigenvalue weighted by molar-refractivity contribution is 0.0127. The standard InChI is InChI=1S/C11H22N2O3/c1-8(14)9-7-13(6-5-12-9)10(15)16-11(2,3)4/h8-9,12,14H,5-7H2,1-4H3/t8-,9-/m1/s1. The maximum atomic E-state index is 11.8. The van der Waals surface area contributed by atoms with Gasteiger partial charge < -0.3 is 20.1 Å². The van der Waals surface area contributed by atoms with Crippen molar-refractivity contribution in [1.82, 2.24) is 10.2 Å². The molecule has 0 unspecified atom stereocenters. The smallest absolute Gasteiger partial charge is 0.410 e. The molecule has 5 nitrogen and oxygen atoms in total. The minimum absolute atomic E-state index is 0.0683. The third-order valence-corrected chi connectivity index (χ3v) is 2.44. The van der Waals surface area contributed by atoms with Crippen LogP contribution >= 0.6 is 0 Å². The van der Waals surface area contributed by atoms with Crippen LogP contribution in [0, 0.1) is 0 Å². The Morgan fingerprint density at radius 3 is 2.69 bits per heavy atom. The highest BCUT2D eigenvalue weighted by Crippen LogP contribution is 2.12. The minimum Gasteiger partial charge on any atom is -0.444 e. The fourth-order valence-electron chi connectivity index (χ4n) is 1.59. The Morgan fingerprint density at radius 2 is 2.19 bits per heavy atom. The minimum atomic E-state index is -0.470. The molecule has 0 aliphatic carbocycles. The number of nitrogens with one attached hydrogen (secondary N) is 1. The van der Waals surface area contributed by atoms with E-state index < -0.39 is 11.7 Å². The van der Waals surface area contributed by atoms with Gasteiger partial charge in [-0.05, 0) is 27.7 Å². The Morgan fingerprint density at radius 1 is 1.56 bits per heavy atom. The average molecular weight is 230 g/mol. The summed E-state index contributed by atoms with van der Waals surface area (Å²) >= 11 is 0. The Labute approximate surface area is 96.8 Å². The first-order valence-electron chi connectivity index (χ1n) is 5.69. The third kappa shape index (κ3) is 3.98. The van der Waals surface area contributed by atoms with E-state index in [1.165, 1.54) is 0 Å². The Kier molecular flexibility index (Phi) is 4.15. The molecule has 94 valence electrons. The molecule has 0 aromatic heterocycles. The van der Waals surface area contributed by atoms with Crippen molar-refractivity contribution in [3.8, 4) is 0 Å². The van der Waals surface area contributed by atoms with Gasteiger partial charge in [-0.3, -0.25) is 0 Å². The molecule has 1 aliphatic heterocycles. The number of nitrogens with zero attached hydrogens (tertiary/aromatic N) is 1. The SMILES string of the molecule is C[C@@H](O)[C@H]1CN(C(=O)OC(C)(C)C)CCN1. The van der Waals surface area contributed by atoms with Crippen LogP contribution in [0.1, 0.15) is 27.7 Å². The summed E-state index contributed by atoms with van der Waals surface area (Å²) in [7, 11) is 0. The van der Waals surface area contributed by atoms with Gasteiger partial charge in [-0.1, -0.05) is 0 Å². The van der Waals surface area contributed by atoms with Gasteiger partial charge in [0.25, 0.3) is 0 Å². The van der Waals surface area contributed by atoms with Crippen molar-refractivity contribution in [1.29, 1.82) is 0 Å². The maximum Gasteiger partial charge on any atom is 0.410 e. The quantitative estimate of drug-likeness (QED) is 0.691. The van der Waals surface area contributed by atoms with Gasteiger partial charge in [0.15, 0.2) is 0 Å². The third-order valence-electron chi connectivity index (χ3n) is 2.44. The molecule has 1 fully saturated rings. The number of piperazine rings is 1. The molecule has 2 atom stereocenters. The molecular weight excluding hydrogens is 208 g/mol. The molecule has 0 radical (unpaired) electrons. The van der Waals surface area contributed by atoms with Crippen LogP contribution in [0.25, 0.3) is 0 Å². The van der Waals surface area contributed by atoms with Crippen LogP contribution < -0.4 is 5.32 Å². The summed E-state index contributed by atoms with van der Waals surface area (Å²) in [5.74, 6) is 0. The average Bonchev–Trinajstić information content (AvgIpc) is 2.15. The normalized spacial score (nSPS) is 24.1. The van der Waals surface area contributed by atoms with Crippen LogP contribution in [-0.2, 0) is 4.74 Å². The fraction of sp³-hybridized carbons (Fsp3) is 0.909. The largest absolute Gasteiger partial charge is 0.444 e. The van der Waals surface area contributed by atoms with Crippen molar-refractivity contribution in [2.45, 2.75) is 45.4 Å². The van der Waals surface area contributed by atoms with E-state index in [1.807, 2.05) is 20.8 Å². The topological polar surface area (TPSA) is 61.8 Å². The van der Waals surface area contributed by atoms with Crippen LogP contribution in [0.2, 0.25) is 0 Å². The number of carbonyl (C=O) groups is 1. The molecule has 0 aromatic rings. The molecule has 0 aromatic carbocycles. The van der Waals surface area contributed by atoms with Gasteiger partial charge in [-0.25, -0.2) is 4.79 Å². The van der Waals surface area contributed by atoms with Crippen LogP contribution in [0.4, 0.5) is 4.79 Å². The van der Waals surface area contributed by atoms with Crippen LogP contribution in [0.5, 0.6) is 0 Å². The maximum absolute atomic E-state index is 11.8. The van der Waals surface area contributed by atoms with E-state index in [0.29, 0.717) is 19.6 Å². The zero-order valence-corrected chi connectivity index (χ0v) is 10.5. The second kappa shape index (κ2) is 5.01.